The van der Waals surface area contributed by atoms with E-state index in [2.05, 4.69) is 0 Å². The summed E-state index contributed by atoms with van der Waals surface area (Å²) >= 11 is 0. The Bertz CT molecular complexity index is 499. The van der Waals surface area contributed by atoms with E-state index >= 15 is 0 Å². The van der Waals surface area contributed by atoms with Crippen LogP contribution >= 0.6 is 0 Å². The van der Waals surface area contributed by atoms with E-state index in [9.17, 15) is 23.1 Å². The first-order valence-corrected chi connectivity index (χ1v) is 5.64. The van der Waals surface area contributed by atoms with Crippen molar-refractivity contribution in [3.8, 4) is 5.75 Å². The van der Waals surface area contributed by atoms with Gasteiger partial charge in [0.15, 0.2) is 0 Å². The Labute approximate surface area is 107 Å². The third-order valence-corrected chi connectivity index (χ3v) is 2.82. The number of hydrogen-bond donors (Lipinski definition) is 1. The van der Waals surface area contributed by atoms with Gasteiger partial charge in [-0.2, -0.15) is 13.2 Å². The van der Waals surface area contributed by atoms with Crippen LogP contribution in [0.5, 0.6) is 5.75 Å². The molecule has 1 unspecified atom stereocenters. The lowest BCUT2D eigenvalue weighted by molar-refractivity contribution is -0.170. The second-order valence-electron chi connectivity index (χ2n) is 4.21. The predicted molar refractivity (Wildman–Crippen MR) is 61.0 cm³/mol. The first kappa shape index (κ1) is 13.7. The van der Waals surface area contributed by atoms with Crippen molar-refractivity contribution < 1.29 is 27.8 Å². The number of alkyl halides is 3. The van der Waals surface area contributed by atoms with E-state index in [1.807, 2.05) is 0 Å². The molecule has 1 aromatic carbocycles. The molecule has 7 heteroatoms. The van der Waals surface area contributed by atoms with Crippen LogP contribution < -0.4 is 9.64 Å². The minimum atomic E-state index is -4.94. The summed E-state index contributed by atoms with van der Waals surface area (Å²) in [5, 5.41) is 9.44. The number of aliphatic hydroxyl groups excluding tert-OH is 1. The fourth-order valence-electron chi connectivity index (χ4n) is 1.86. The van der Waals surface area contributed by atoms with Crippen LogP contribution in [0.3, 0.4) is 0 Å². The number of anilines is 1. The summed E-state index contributed by atoms with van der Waals surface area (Å²) in [6, 6.07) is 4.33. The van der Waals surface area contributed by atoms with Crippen LogP contribution in [-0.2, 0) is 4.79 Å². The van der Waals surface area contributed by atoms with Crippen LogP contribution in [0.15, 0.2) is 18.2 Å². The lowest BCUT2D eigenvalue weighted by Crippen LogP contribution is -2.45. The monoisotopic (exact) mass is 275 g/mol. The molecule has 0 fully saturated rings. The Morgan fingerprint density at radius 1 is 1.47 bits per heavy atom. The normalized spacial score (nSPS) is 16.6. The number of hydrogen-bond acceptors (Lipinski definition) is 3. The second-order valence-corrected chi connectivity index (χ2v) is 4.21. The van der Waals surface area contributed by atoms with Crippen molar-refractivity contribution in [1.29, 1.82) is 0 Å². The number of benzene rings is 1. The third kappa shape index (κ3) is 2.65. The van der Waals surface area contributed by atoms with Crippen molar-refractivity contribution in [2.24, 2.45) is 0 Å². The summed E-state index contributed by atoms with van der Waals surface area (Å²) in [5.41, 5.74) is 0.455. The highest BCUT2D eigenvalue weighted by molar-refractivity contribution is 5.99. The average Bonchev–Trinajstić information content (AvgIpc) is 2.35. The first-order valence-electron chi connectivity index (χ1n) is 5.64. The van der Waals surface area contributed by atoms with Crippen molar-refractivity contribution >= 4 is 11.6 Å². The van der Waals surface area contributed by atoms with E-state index in [0.717, 1.165) is 0 Å². The molecule has 0 aromatic heterocycles. The van der Waals surface area contributed by atoms with Crippen LogP contribution in [0.1, 0.15) is 18.6 Å². The van der Waals surface area contributed by atoms with Gasteiger partial charge >= 0.3 is 12.1 Å². The van der Waals surface area contributed by atoms with Crippen molar-refractivity contribution in [3.63, 3.8) is 0 Å². The maximum atomic E-state index is 12.5. The minimum absolute atomic E-state index is 0.00282. The third-order valence-electron chi connectivity index (χ3n) is 2.82. The largest absolute Gasteiger partial charge is 0.490 e. The van der Waals surface area contributed by atoms with Gasteiger partial charge in [0, 0.05) is 0 Å². The molecule has 4 nitrogen and oxygen atoms in total. The molecule has 104 valence electrons. The molecule has 0 bridgehead atoms. The standard InChI is InChI=1S/C12H12F3NO3/c1-7(17)8-2-3-10-9(6-8)16(4-5-19-10)11(18)12(13,14)15/h2-3,6-7,17H,4-5H2,1H3. The molecular weight excluding hydrogens is 263 g/mol. The van der Waals surface area contributed by atoms with Crippen LogP contribution in [0, 0.1) is 0 Å². The van der Waals surface area contributed by atoms with E-state index in [1.54, 1.807) is 6.07 Å². The minimum Gasteiger partial charge on any atom is -0.490 e. The average molecular weight is 275 g/mol. The fraction of sp³-hybridized carbons (Fsp3) is 0.417. The summed E-state index contributed by atoms with van der Waals surface area (Å²) in [4.78, 5) is 12.0. The molecule has 19 heavy (non-hydrogen) atoms. The van der Waals surface area contributed by atoms with Gasteiger partial charge in [0.05, 0.1) is 18.3 Å². The number of amides is 1. The number of carbonyl (C=O) groups is 1. The second kappa shape index (κ2) is 4.73. The molecule has 0 saturated heterocycles. The maximum absolute atomic E-state index is 12.5. The summed E-state index contributed by atoms with van der Waals surface area (Å²) in [5.74, 6) is -1.73. The molecule has 0 saturated carbocycles. The molecule has 0 aliphatic carbocycles. The number of fused-ring (bicyclic) bond motifs is 1. The SMILES string of the molecule is CC(O)c1ccc2c(c1)N(C(=O)C(F)(F)F)CCO2. The van der Waals surface area contributed by atoms with E-state index < -0.39 is 18.2 Å². The van der Waals surface area contributed by atoms with Gasteiger partial charge < -0.3 is 9.84 Å². The number of ether oxygens (including phenoxy) is 1. The van der Waals surface area contributed by atoms with Crippen LogP contribution in [0.2, 0.25) is 0 Å². The number of halogens is 3. The zero-order valence-corrected chi connectivity index (χ0v) is 10.1. The van der Waals surface area contributed by atoms with Gasteiger partial charge in [-0.15, -0.1) is 0 Å². The van der Waals surface area contributed by atoms with Gasteiger partial charge in [-0.3, -0.25) is 9.69 Å². The highest BCUT2D eigenvalue weighted by atomic mass is 19.4. The van der Waals surface area contributed by atoms with Gasteiger partial charge in [-0.05, 0) is 24.6 Å². The summed E-state index contributed by atoms with van der Waals surface area (Å²) in [7, 11) is 0. The molecule has 1 aliphatic heterocycles. The highest BCUT2D eigenvalue weighted by Crippen LogP contribution is 2.36. The summed E-state index contributed by atoms with van der Waals surface area (Å²) in [6.07, 6.45) is -5.77. The van der Waals surface area contributed by atoms with Crippen molar-refractivity contribution in [2.45, 2.75) is 19.2 Å². The molecule has 0 spiro atoms. The van der Waals surface area contributed by atoms with Gasteiger partial charge in [-0.25, -0.2) is 0 Å². The molecule has 1 aliphatic rings. The molecule has 2 rings (SSSR count). The van der Waals surface area contributed by atoms with Gasteiger partial charge in [0.2, 0.25) is 0 Å². The summed E-state index contributed by atoms with van der Waals surface area (Å²) < 4.78 is 42.7. The Morgan fingerprint density at radius 2 is 2.16 bits per heavy atom. The smallest absolute Gasteiger partial charge is 0.471 e. The predicted octanol–water partition coefficient (Wildman–Crippen LogP) is 2.03. The molecule has 1 heterocycles. The molecule has 1 amide bonds. The van der Waals surface area contributed by atoms with E-state index in [1.165, 1.54) is 19.1 Å². The van der Waals surface area contributed by atoms with Gasteiger partial charge in [0.25, 0.3) is 0 Å². The molecular formula is C12H12F3NO3. The van der Waals surface area contributed by atoms with Crippen molar-refractivity contribution in [1.82, 2.24) is 0 Å². The molecule has 1 N–H and O–H groups in total. The van der Waals surface area contributed by atoms with E-state index in [-0.39, 0.29) is 24.6 Å². The number of nitrogens with zero attached hydrogens (tertiary/aromatic N) is 1. The van der Waals surface area contributed by atoms with E-state index in [4.69, 9.17) is 4.74 Å². The maximum Gasteiger partial charge on any atom is 0.471 e. The Hall–Kier alpha value is -1.76. The van der Waals surface area contributed by atoms with Crippen LogP contribution in [0.4, 0.5) is 18.9 Å². The Kier molecular flexibility index (Phi) is 3.40. The number of rotatable bonds is 1. The van der Waals surface area contributed by atoms with Gasteiger partial charge in [-0.1, -0.05) is 6.07 Å². The van der Waals surface area contributed by atoms with Crippen LogP contribution in [0.25, 0.3) is 0 Å². The lowest BCUT2D eigenvalue weighted by atomic mass is 10.1. The van der Waals surface area contributed by atoms with Crippen molar-refractivity contribution in [3.05, 3.63) is 23.8 Å². The topological polar surface area (TPSA) is 49.8 Å². The summed E-state index contributed by atoms with van der Waals surface area (Å²) in [6.45, 7) is 1.32. The zero-order valence-electron chi connectivity index (χ0n) is 10.1. The van der Waals surface area contributed by atoms with Crippen molar-refractivity contribution in [2.75, 3.05) is 18.1 Å². The highest BCUT2D eigenvalue weighted by Gasteiger charge is 2.44. The van der Waals surface area contributed by atoms with Gasteiger partial charge in [0.1, 0.15) is 12.4 Å². The van der Waals surface area contributed by atoms with Crippen LogP contribution in [-0.4, -0.2) is 30.3 Å². The zero-order chi connectivity index (χ0) is 14.2. The first-order chi connectivity index (χ1) is 8.80. The van der Waals surface area contributed by atoms with E-state index in [0.29, 0.717) is 10.5 Å². The Morgan fingerprint density at radius 3 is 2.74 bits per heavy atom. The quantitative estimate of drug-likeness (QED) is 0.853. The fourth-order valence-corrected chi connectivity index (χ4v) is 1.86. The molecule has 0 radical (unpaired) electrons. The lowest BCUT2D eigenvalue weighted by Gasteiger charge is -2.30. The molecule has 1 aromatic rings. The number of carbonyl (C=O) groups excluding carboxylic acids is 1. The molecule has 1 atom stereocenters. The Balaban J connectivity index is 2.42. The number of aliphatic hydroxyl groups is 1.